The third-order valence-corrected chi connectivity index (χ3v) is 6.18. The van der Waals surface area contributed by atoms with E-state index in [-0.39, 0.29) is 30.2 Å². The van der Waals surface area contributed by atoms with Crippen molar-refractivity contribution in [2.75, 3.05) is 12.3 Å². The van der Waals surface area contributed by atoms with Crippen molar-refractivity contribution in [3.05, 3.63) is 96.9 Å². The molecule has 0 radical (unpaired) electrons. The van der Waals surface area contributed by atoms with E-state index in [0.29, 0.717) is 6.61 Å². The van der Waals surface area contributed by atoms with Crippen LogP contribution in [0.5, 0.6) is 0 Å². The van der Waals surface area contributed by atoms with E-state index in [9.17, 15) is 9.50 Å². The number of halogens is 1. The van der Waals surface area contributed by atoms with Gasteiger partial charge >= 0.3 is 6.08 Å². The van der Waals surface area contributed by atoms with Gasteiger partial charge in [0.25, 0.3) is 0 Å². The molecule has 3 N–H and O–H groups in total. The number of aliphatic hydroxyl groups excluding tert-OH is 1. The van der Waals surface area contributed by atoms with Crippen LogP contribution >= 0.6 is 0 Å². The first kappa shape index (κ1) is 24.0. The maximum Gasteiger partial charge on any atom is 0.312 e. The van der Waals surface area contributed by atoms with Gasteiger partial charge in [0.05, 0.1) is 26.1 Å². The smallest absolute Gasteiger partial charge is 0.312 e. The second-order valence-corrected chi connectivity index (χ2v) is 8.56. The quantitative estimate of drug-likeness (QED) is 0.271. The molecule has 186 valence electrons. The van der Waals surface area contributed by atoms with E-state index in [2.05, 4.69) is 21.5 Å². The van der Waals surface area contributed by atoms with Crippen LogP contribution in [-0.4, -0.2) is 49.0 Å². The van der Waals surface area contributed by atoms with E-state index >= 15 is 0 Å². The molecule has 0 amide bonds. The van der Waals surface area contributed by atoms with Crippen LogP contribution in [0.2, 0.25) is 0 Å². The zero-order chi connectivity index (χ0) is 25.1. The summed E-state index contributed by atoms with van der Waals surface area (Å²) >= 11 is 0. The second-order valence-electron chi connectivity index (χ2n) is 8.56. The zero-order valence-electron chi connectivity index (χ0n) is 19.4. The van der Waals surface area contributed by atoms with Gasteiger partial charge in [-0.05, 0) is 11.1 Å². The van der Waals surface area contributed by atoms with Crippen LogP contribution in [0.25, 0.3) is 11.2 Å². The Bertz CT molecular complexity index is 1340. The highest BCUT2D eigenvalue weighted by Crippen LogP contribution is 2.42. The summed E-state index contributed by atoms with van der Waals surface area (Å²) in [6.07, 6.45) is -1.14. The van der Waals surface area contributed by atoms with E-state index < -0.39 is 30.1 Å². The summed E-state index contributed by atoms with van der Waals surface area (Å²) in [6, 6.07) is 19.3. The Kier molecular flexibility index (Phi) is 6.75. The summed E-state index contributed by atoms with van der Waals surface area (Å²) in [5, 5.41) is 11.4. The molecule has 10 heteroatoms. The topological polar surface area (TPSA) is 118 Å². The molecule has 4 aromatic rings. The van der Waals surface area contributed by atoms with Crippen LogP contribution < -0.4 is 5.73 Å². The van der Waals surface area contributed by atoms with Gasteiger partial charge in [-0.1, -0.05) is 66.7 Å². The van der Waals surface area contributed by atoms with Crippen molar-refractivity contribution in [1.29, 1.82) is 0 Å². The lowest BCUT2D eigenvalue weighted by Gasteiger charge is -2.31. The van der Waals surface area contributed by atoms with Gasteiger partial charge in [-0.15, -0.1) is 6.58 Å². The molecule has 2 aromatic carbocycles. The molecule has 1 fully saturated rings. The summed E-state index contributed by atoms with van der Waals surface area (Å²) in [5.41, 5.74) is 6.79. The number of nitrogens with two attached hydrogens (primary N) is 1. The second kappa shape index (κ2) is 10.1. The number of imidazole rings is 1. The Morgan fingerprint density at radius 1 is 1.08 bits per heavy atom. The molecule has 0 bridgehead atoms. The van der Waals surface area contributed by atoms with Crippen LogP contribution in [0.15, 0.2) is 79.6 Å². The molecule has 5 rings (SSSR count). The molecular weight excluding hydrogens is 465 g/mol. The number of ether oxygens (including phenoxy) is 3. The lowest BCUT2D eigenvalue weighted by molar-refractivity contribution is -0.128. The molecule has 1 aliphatic heterocycles. The van der Waals surface area contributed by atoms with Crippen molar-refractivity contribution in [2.24, 2.45) is 0 Å². The van der Waals surface area contributed by atoms with Crippen molar-refractivity contribution < 1.29 is 23.7 Å². The number of nitrogens with zero attached hydrogens (tertiary/aromatic N) is 4. The van der Waals surface area contributed by atoms with Gasteiger partial charge in [-0.25, -0.2) is 4.98 Å². The summed E-state index contributed by atoms with van der Waals surface area (Å²) in [5.74, 6) is -0.109. The monoisotopic (exact) mass is 491 g/mol. The predicted octanol–water partition coefficient (Wildman–Crippen LogP) is 3.16. The standard InChI is InChI=1S/C26H26FN5O4/c1-2-26(15-34-13-17-9-5-3-6-10-17)21(35-14-18-11-7-4-8-12-18)20(33)24(36-26)32-16-29-19-22(28)30-25(27)31-23(19)32/h2-12,16,20-21,24,33H,1,13-15H2,(H2,28,30,31)/t20-,21+,24-,26-/m1/s1. The normalized spacial score (nSPS) is 23.8. The molecule has 1 aliphatic rings. The number of hydrogen-bond donors (Lipinski definition) is 2. The van der Waals surface area contributed by atoms with Gasteiger partial charge in [-0.3, -0.25) is 4.57 Å². The largest absolute Gasteiger partial charge is 0.386 e. The summed E-state index contributed by atoms with van der Waals surface area (Å²) in [6.45, 7) is 4.56. The average molecular weight is 492 g/mol. The molecule has 3 heterocycles. The van der Waals surface area contributed by atoms with E-state index in [1.807, 2.05) is 60.7 Å². The number of aromatic nitrogens is 4. The fourth-order valence-electron chi connectivity index (χ4n) is 4.36. The van der Waals surface area contributed by atoms with Crippen LogP contribution in [-0.2, 0) is 27.4 Å². The molecule has 1 saturated heterocycles. The number of anilines is 1. The third kappa shape index (κ3) is 4.59. The first-order valence-electron chi connectivity index (χ1n) is 11.4. The number of hydrogen-bond acceptors (Lipinski definition) is 8. The van der Waals surface area contributed by atoms with Gasteiger partial charge in [0.1, 0.15) is 17.8 Å². The Labute approximate surface area is 207 Å². The molecule has 36 heavy (non-hydrogen) atoms. The zero-order valence-corrected chi connectivity index (χ0v) is 19.4. The fraction of sp³-hybridized carbons (Fsp3) is 0.269. The minimum absolute atomic E-state index is 0.0521. The van der Waals surface area contributed by atoms with Crippen molar-refractivity contribution in [1.82, 2.24) is 19.5 Å². The third-order valence-electron chi connectivity index (χ3n) is 6.18. The van der Waals surface area contributed by atoms with Gasteiger partial charge in [0.15, 0.2) is 23.2 Å². The van der Waals surface area contributed by atoms with Crippen LogP contribution in [0.3, 0.4) is 0 Å². The summed E-state index contributed by atoms with van der Waals surface area (Å²) < 4.78 is 34.0. The van der Waals surface area contributed by atoms with Crippen molar-refractivity contribution in [3.63, 3.8) is 0 Å². The van der Waals surface area contributed by atoms with Gasteiger partial charge in [0, 0.05) is 0 Å². The molecule has 0 saturated carbocycles. The van der Waals surface area contributed by atoms with Crippen LogP contribution in [0, 0.1) is 6.08 Å². The molecule has 0 unspecified atom stereocenters. The van der Waals surface area contributed by atoms with Crippen LogP contribution in [0.4, 0.5) is 10.2 Å². The highest BCUT2D eigenvalue weighted by Gasteiger charge is 2.55. The Morgan fingerprint density at radius 2 is 1.75 bits per heavy atom. The highest BCUT2D eigenvalue weighted by atomic mass is 19.1. The number of benzene rings is 2. The first-order chi connectivity index (χ1) is 17.5. The van der Waals surface area contributed by atoms with Crippen molar-refractivity contribution in [3.8, 4) is 0 Å². The lowest BCUT2D eigenvalue weighted by Crippen LogP contribution is -2.47. The first-order valence-corrected chi connectivity index (χ1v) is 11.4. The van der Waals surface area contributed by atoms with E-state index in [1.54, 1.807) is 6.08 Å². The summed E-state index contributed by atoms with van der Waals surface area (Å²) in [4.78, 5) is 11.5. The molecular formula is C26H26FN5O4. The number of aliphatic hydroxyl groups is 1. The fourth-order valence-corrected chi connectivity index (χ4v) is 4.36. The van der Waals surface area contributed by atoms with Crippen molar-refractivity contribution >= 4 is 17.0 Å². The molecule has 9 nitrogen and oxygen atoms in total. The Balaban J connectivity index is 1.45. The molecule has 0 spiro atoms. The maximum atomic E-state index is 14.0. The van der Waals surface area contributed by atoms with Gasteiger partial charge < -0.3 is 25.1 Å². The number of rotatable bonds is 9. The summed E-state index contributed by atoms with van der Waals surface area (Å²) in [7, 11) is 0. The van der Waals surface area contributed by atoms with Crippen molar-refractivity contribution in [2.45, 2.75) is 37.3 Å². The van der Waals surface area contributed by atoms with Gasteiger partial charge in [0.2, 0.25) is 0 Å². The van der Waals surface area contributed by atoms with E-state index in [0.717, 1.165) is 11.1 Å². The Morgan fingerprint density at radius 3 is 2.42 bits per heavy atom. The Hall–Kier alpha value is -3.70. The SMILES string of the molecule is C=C[C@]1(COCc2ccccc2)O[C@@H](n2cnc3c(N)nc(F)nc32)[C@H](O)[C@@H]1OCc1ccccc1. The van der Waals surface area contributed by atoms with Crippen LogP contribution in [0.1, 0.15) is 17.4 Å². The molecule has 4 atom stereocenters. The highest BCUT2D eigenvalue weighted by molar-refractivity contribution is 5.81. The maximum absolute atomic E-state index is 14.0. The van der Waals surface area contributed by atoms with E-state index in [1.165, 1.54) is 10.9 Å². The average Bonchev–Trinajstić information content (AvgIpc) is 3.43. The lowest BCUT2D eigenvalue weighted by atomic mass is 9.95. The van der Waals surface area contributed by atoms with E-state index in [4.69, 9.17) is 19.9 Å². The number of fused-ring (bicyclic) bond motifs is 1. The minimum atomic E-state index is -1.22. The van der Waals surface area contributed by atoms with Gasteiger partial charge in [-0.2, -0.15) is 14.4 Å². The predicted molar refractivity (Wildman–Crippen MR) is 130 cm³/mol. The number of nitrogen functional groups attached to an aromatic ring is 1. The molecule has 2 aromatic heterocycles. The minimum Gasteiger partial charge on any atom is -0.386 e. The molecule has 0 aliphatic carbocycles.